The molecule has 3 aromatic rings. The molecule has 1 atom stereocenters. The van der Waals surface area contributed by atoms with Gasteiger partial charge in [-0.25, -0.2) is 0 Å². The van der Waals surface area contributed by atoms with E-state index in [9.17, 15) is 4.79 Å². The van der Waals surface area contributed by atoms with E-state index in [1.807, 2.05) is 48.5 Å². The summed E-state index contributed by atoms with van der Waals surface area (Å²) in [6.45, 7) is 6.08. The molecule has 1 radical (unpaired) electrons. The molecule has 0 amide bonds. The first-order valence-electron chi connectivity index (χ1n) is 6.45. The van der Waals surface area contributed by atoms with Gasteiger partial charge in [0, 0.05) is 10.8 Å². The molecule has 0 saturated carbocycles. The highest BCUT2D eigenvalue weighted by atomic mass is 16.1. The molecule has 19 heavy (non-hydrogen) atoms. The number of benzene rings is 2. The molecule has 1 unspecified atom stereocenters. The molecule has 0 aliphatic rings. The normalized spacial score (nSPS) is 11.3. The highest BCUT2D eigenvalue weighted by molar-refractivity contribution is 5.93. The largest absolute Gasteiger partial charge is 0.289 e. The highest BCUT2D eigenvalue weighted by Crippen LogP contribution is 2.20. The topological polar surface area (TPSA) is 17.1 Å². The van der Waals surface area contributed by atoms with E-state index >= 15 is 0 Å². The summed E-state index contributed by atoms with van der Waals surface area (Å²) in [4.78, 5) is 12.6. The lowest BCUT2D eigenvalue weighted by Gasteiger charge is -2.04. The van der Waals surface area contributed by atoms with Gasteiger partial charge in [0.25, 0.3) is 0 Å². The maximum Gasteiger partial charge on any atom is 0.194 e. The summed E-state index contributed by atoms with van der Waals surface area (Å²) in [5.41, 5.74) is 1.25. The van der Waals surface area contributed by atoms with E-state index < -0.39 is 0 Å². The van der Waals surface area contributed by atoms with Crippen LogP contribution < -0.4 is 5.43 Å². The molecule has 0 N–H and O–H groups in total. The third kappa shape index (κ3) is 2.01. The monoisotopic (exact) mass is 247 g/mol. The highest BCUT2D eigenvalue weighted by Gasteiger charge is 2.04. The molecule has 0 bridgehead atoms. The van der Waals surface area contributed by atoms with E-state index in [0.717, 1.165) is 27.1 Å². The van der Waals surface area contributed by atoms with Crippen molar-refractivity contribution in [3.05, 3.63) is 77.3 Å². The summed E-state index contributed by atoms with van der Waals surface area (Å²) in [6.07, 6.45) is 0. The molecule has 0 aliphatic carbocycles. The number of rotatable bonds is 1. The Kier molecular flexibility index (Phi) is 2.83. The molecule has 0 fully saturated rings. The van der Waals surface area contributed by atoms with Crippen LogP contribution in [0.5, 0.6) is 0 Å². The molecule has 0 saturated heterocycles. The second-order valence-corrected chi connectivity index (χ2v) is 5.00. The van der Waals surface area contributed by atoms with Crippen molar-refractivity contribution in [2.24, 2.45) is 0 Å². The molecule has 0 aromatic heterocycles. The lowest BCUT2D eigenvalue weighted by molar-refractivity contribution is 0.967. The van der Waals surface area contributed by atoms with E-state index in [0.29, 0.717) is 0 Å². The standard InChI is InChI=1S/C18H15O/c1-12(2)14-9-10-17-15(11-14)8-7-13-5-3-4-6-16(13)18(17)19/h3-12H,1H2,2H3. The molecule has 3 aromatic carbocycles. The van der Waals surface area contributed by atoms with E-state index in [1.165, 1.54) is 0 Å². The zero-order chi connectivity index (χ0) is 13.4. The van der Waals surface area contributed by atoms with Gasteiger partial charge < -0.3 is 0 Å². The first-order chi connectivity index (χ1) is 9.16. The fraction of sp³-hybridized carbons (Fsp3) is 0.111. The minimum absolute atomic E-state index is 0.0962. The van der Waals surface area contributed by atoms with Gasteiger partial charge in [-0.1, -0.05) is 61.5 Å². The molecule has 1 nitrogen and oxygen atoms in total. The maximum atomic E-state index is 12.6. The van der Waals surface area contributed by atoms with Crippen molar-refractivity contribution in [1.29, 1.82) is 0 Å². The van der Waals surface area contributed by atoms with Gasteiger partial charge in [0.2, 0.25) is 0 Å². The summed E-state index contributed by atoms with van der Waals surface area (Å²) in [5.74, 6) is 0.222. The van der Waals surface area contributed by atoms with Gasteiger partial charge in [0.05, 0.1) is 0 Å². The van der Waals surface area contributed by atoms with Crippen LogP contribution in [0.3, 0.4) is 0 Å². The molecule has 0 heterocycles. The first-order valence-corrected chi connectivity index (χ1v) is 6.45. The van der Waals surface area contributed by atoms with Crippen LogP contribution >= 0.6 is 0 Å². The maximum absolute atomic E-state index is 12.6. The minimum atomic E-state index is 0.0962. The van der Waals surface area contributed by atoms with Crippen LogP contribution in [0.1, 0.15) is 18.4 Å². The van der Waals surface area contributed by atoms with Gasteiger partial charge in [-0.05, 0) is 29.2 Å². The number of hydrogen-bond acceptors (Lipinski definition) is 1. The summed E-state index contributed by atoms with van der Waals surface area (Å²) in [7, 11) is 0. The first kappa shape index (κ1) is 11.9. The number of fused-ring (bicyclic) bond motifs is 2. The van der Waals surface area contributed by atoms with Crippen LogP contribution in [0, 0.1) is 6.92 Å². The van der Waals surface area contributed by atoms with Crippen molar-refractivity contribution < 1.29 is 0 Å². The third-order valence-electron chi connectivity index (χ3n) is 3.54. The summed E-state index contributed by atoms with van der Waals surface area (Å²) < 4.78 is 0. The summed E-state index contributed by atoms with van der Waals surface area (Å²) >= 11 is 0. The Hall–Kier alpha value is -2.15. The average Bonchev–Trinajstić information content (AvgIpc) is 2.57. The van der Waals surface area contributed by atoms with Crippen LogP contribution in [0.15, 0.2) is 59.4 Å². The lowest BCUT2D eigenvalue weighted by atomic mass is 10.0. The predicted molar refractivity (Wildman–Crippen MR) is 81.5 cm³/mol. The van der Waals surface area contributed by atoms with Crippen LogP contribution in [0.4, 0.5) is 0 Å². The van der Waals surface area contributed by atoms with Crippen molar-refractivity contribution in [3.63, 3.8) is 0 Å². The van der Waals surface area contributed by atoms with E-state index in [1.54, 1.807) is 0 Å². The van der Waals surface area contributed by atoms with Gasteiger partial charge in [-0.3, -0.25) is 4.79 Å². The van der Waals surface area contributed by atoms with Gasteiger partial charge in [0.15, 0.2) is 5.43 Å². The second-order valence-electron chi connectivity index (χ2n) is 5.00. The fourth-order valence-electron chi connectivity index (χ4n) is 2.41. The molecular weight excluding hydrogens is 232 g/mol. The van der Waals surface area contributed by atoms with Crippen molar-refractivity contribution in [3.8, 4) is 0 Å². The van der Waals surface area contributed by atoms with Gasteiger partial charge >= 0.3 is 0 Å². The van der Waals surface area contributed by atoms with Gasteiger partial charge in [0.1, 0.15) is 0 Å². The Morgan fingerprint density at radius 2 is 1.58 bits per heavy atom. The van der Waals surface area contributed by atoms with Crippen LogP contribution in [-0.4, -0.2) is 0 Å². The van der Waals surface area contributed by atoms with Crippen molar-refractivity contribution in [1.82, 2.24) is 0 Å². The average molecular weight is 247 g/mol. The van der Waals surface area contributed by atoms with Gasteiger partial charge in [-0.15, -0.1) is 0 Å². The zero-order valence-corrected chi connectivity index (χ0v) is 10.9. The van der Waals surface area contributed by atoms with E-state index in [2.05, 4.69) is 19.9 Å². The Labute approximate surface area is 112 Å². The van der Waals surface area contributed by atoms with Crippen LogP contribution in [0.25, 0.3) is 21.5 Å². The smallest absolute Gasteiger partial charge is 0.194 e. The zero-order valence-electron chi connectivity index (χ0n) is 10.9. The third-order valence-corrected chi connectivity index (χ3v) is 3.54. The molecule has 1 heteroatoms. The second kappa shape index (κ2) is 4.51. The summed E-state index contributed by atoms with van der Waals surface area (Å²) in [5, 5.41) is 3.50. The summed E-state index contributed by atoms with van der Waals surface area (Å²) in [6, 6.07) is 17.7. The number of hydrogen-bond donors (Lipinski definition) is 0. The van der Waals surface area contributed by atoms with Crippen molar-refractivity contribution in [2.45, 2.75) is 12.8 Å². The Morgan fingerprint density at radius 3 is 2.37 bits per heavy atom. The molecule has 93 valence electrons. The molecule has 0 aliphatic heterocycles. The Morgan fingerprint density at radius 1 is 0.895 bits per heavy atom. The molecule has 0 spiro atoms. The van der Waals surface area contributed by atoms with Crippen molar-refractivity contribution in [2.75, 3.05) is 0 Å². The Bertz CT molecular complexity index is 816. The molecular formula is C18H15O. The quantitative estimate of drug-likeness (QED) is 0.627. The molecule has 3 rings (SSSR count). The van der Waals surface area contributed by atoms with E-state index in [4.69, 9.17) is 0 Å². The minimum Gasteiger partial charge on any atom is -0.289 e. The Balaban J connectivity index is 2.47. The van der Waals surface area contributed by atoms with E-state index in [-0.39, 0.29) is 11.3 Å². The predicted octanol–water partition coefficient (Wildman–Crippen LogP) is 4.29. The van der Waals surface area contributed by atoms with Crippen LogP contribution in [0.2, 0.25) is 0 Å². The SMILES string of the molecule is [CH2]C(C)c1ccc2c(=O)c3ccccc3ccc2c1. The fourth-order valence-corrected chi connectivity index (χ4v) is 2.41. The van der Waals surface area contributed by atoms with Crippen molar-refractivity contribution >= 4 is 21.5 Å². The van der Waals surface area contributed by atoms with Gasteiger partial charge in [-0.2, -0.15) is 0 Å². The lowest BCUT2D eigenvalue weighted by Crippen LogP contribution is -1.98. The van der Waals surface area contributed by atoms with Crippen LogP contribution in [-0.2, 0) is 0 Å².